The molecule has 0 saturated heterocycles. The van der Waals surface area contributed by atoms with Gasteiger partial charge in [0.05, 0.1) is 27.3 Å². The van der Waals surface area contributed by atoms with Crippen molar-refractivity contribution in [3.05, 3.63) is 65.2 Å². The van der Waals surface area contributed by atoms with Crippen LogP contribution in [-0.2, 0) is 14.3 Å². The Morgan fingerprint density at radius 3 is 2.17 bits per heavy atom. The van der Waals surface area contributed by atoms with Crippen LogP contribution in [0.15, 0.2) is 59.7 Å². The summed E-state index contributed by atoms with van der Waals surface area (Å²) in [6.07, 6.45) is 1.38. The van der Waals surface area contributed by atoms with Crippen LogP contribution >= 0.6 is 0 Å². The number of nitrogens with one attached hydrogen (secondary N) is 1. The summed E-state index contributed by atoms with van der Waals surface area (Å²) in [5.74, 6) is -1.70. The lowest BCUT2D eigenvalue weighted by molar-refractivity contribution is -0.298. The van der Waals surface area contributed by atoms with Crippen LogP contribution in [0, 0.1) is 0 Å². The third-order valence-corrected chi connectivity index (χ3v) is 4.11. The van der Waals surface area contributed by atoms with Crippen LogP contribution in [0.3, 0.4) is 0 Å². The van der Waals surface area contributed by atoms with E-state index in [1.807, 2.05) is 0 Å². The van der Waals surface area contributed by atoms with Gasteiger partial charge in [0.25, 0.3) is 0 Å². The first-order valence-corrected chi connectivity index (χ1v) is 8.50. The molecule has 1 aliphatic rings. The van der Waals surface area contributed by atoms with E-state index < -0.39 is 17.3 Å². The largest absolute Gasteiger partial charge is 0.544 e. The van der Waals surface area contributed by atoms with Crippen molar-refractivity contribution in [2.45, 2.75) is 0 Å². The van der Waals surface area contributed by atoms with Crippen molar-refractivity contribution in [1.29, 1.82) is 0 Å². The first kappa shape index (κ1) is 19.8. The van der Waals surface area contributed by atoms with Gasteiger partial charge in [0.15, 0.2) is 17.3 Å². The third kappa shape index (κ3) is 4.01. The van der Waals surface area contributed by atoms with Crippen LogP contribution in [0.2, 0.25) is 0 Å². The molecular formula is C21H18NO7-. The number of rotatable bonds is 7. The number of ether oxygens (including phenoxy) is 4. The second-order valence-corrected chi connectivity index (χ2v) is 5.88. The van der Waals surface area contributed by atoms with Gasteiger partial charge < -0.3 is 34.2 Å². The molecule has 0 aliphatic carbocycles. The zero-order valence-electron chi connectivity index (χ0n) is 16.0. The Morgan fingerprint density at radius 1 is 1.03 bits per heavy atom. The second kappa shape index (κ2) is 8.39. The van der Waals surface area contributed by atoms with Gasteiger partial charge in [-0.05, 0) is 35.9 Å². The van der Waals surface area contributed by atoms with Gasteiger partial charge in [-0.15, -0.1) is 0 Å². The van der Waals surface area contributed by atoms with Gasteiger partial charge in [-0.3, -0.25) is 4.79 Å². The van der Waals surface area contributed by atoms with E-state index in [4.69, 9.17) is 18.9 Å². The van der Waals surface area contributed by atoms with Crippen LogP contribution < -0.4 is 24.6 Å². The highest BCUT2D eigenvalue weighted by molar-refractivity contribution is 6.25. The summed E-state index contributed by atoms with van der Waals surface area (Å²) in [7, 11) is 4.39. The Labute approximate surface area is 167 Å². The lowest BCUT2D eigenvalue weighted by atomic mass is 10.1. The van der Waals surface area contributed by atoms with E-state index in [0.29, 0.717) is 28.5 Å². The predicted octanol–water partition coefficient (Wildman–Crippen LogP) is 1.73. The van der Waals surface area contributed by atoms with Crippen molar-refractivity contribution in [2.24, 2.45) is 0 Å². The molecule has 0 radical (unpaired) electrons. The number of hydrogen-bond donors (Lipinski definition) is 1. The summed E-state index contributed by atoms with van der Waals surface area (Å²) in [6, 6.07) is 11.9. The lowest BCUT2D eigenvalue weighted by Gasteiger charge is -2.13. The van der Waals surface area contributed by atoms with Crippen LogP contribution in [0.4, 0.5) is 5.69 Å². The summed E-state index contributed by atoms with van der Waals surface area (Å²) in [5, 5.41) is 14.3. The fourth-order valence-corrected chi connectivity index (χ4v) is 2.79. The third-order valence-electron chi connectivity index (χ3n) is 4.11. The van der Waals surface area contributed by atoms with Crippen LogP contribution in [0.25, 0.3) is 6.08 Å². The van der Waals surface area contributed by atoms with Crippen molar-refractivity contribution in [3.63, 3.8) is 0 Å². The minimum atomic E-state index is -1.64. The van der Waals surface area contributed by atoms with Crippen molar-refractivity contribution >= 4 is 23.5 Å². The standard InChI is InChI=1S/C21H19NO7/c1-26-15-10-12(11-16(27-2)19(15)28-3)9-14-18(23)17(21(24)25)20(29-14)22-13-7-5-4-6-8-13/h4-11,22H,1-3H3,(H,24,25)/p-1/b14-9-. The van der Waals surface area contributed by atoms with E-state index in [1.165, 1.54) is 27.4 Å². The molecule has 1 heterocycles. The number of carboxylic acids is 1. The van der Waals surface area contributed by atoms with Gasteiger partial charge >= 0.3 is 0 Å². The summed E-state index contributed by atoms with van der Waals surface area (Å²) in [6.45, 7) is 0. The Balaban J connectivity index is 1.98. The maximum absolute atomic E-state index is 12.6. The van der Waals surface area contributed by atoms with Crippen molar-refractivity contribution in [2.75, 3.05) is 26.6 Å². The molecule has 0 spiro atoms. The molecule has 2 aromatic rings. The van der Waals surface area contributed by atoms with E-state index >= 15 is 0 Å². The molecule has 0 unspecified atom stereocenters. The van der Waals surface area contributed by atoms with Crippen molar-refractivity contribution in [3.8, 4) is 17.2 Å². The van der Waals surface area contributed by atoms with E-state index in [9.17, 15) is 14.7 Å². The molecule has 1 aliphatic heterocycles. The molecule has 0 amide bonds. The first-order chi connectivity index (χ1) is 14.0. The Hall–Kier alpha value is -3.94. The Morgan fingerprint density at radius 2 is 1.66 bits per heavy atom. The second-order valence-electron chi connectivity index (χ2n) is 5.88. The van der Waals surface area contributed by atoms with Gasteiger partial charge in [-0.25, -0.2) is 0 Å². The molecule has 0 aromatic heterocycles. The smallest absolute Gasteiger partial charge is 0.235 e. The molecule has 2 aromatic carbocycles. The summed E-state index contributed by atoms with van der Waals surface area (Å²) in [4.78, 5) is 24.1. The quantitative estimate of drug-likeness (QED) is 0.557. The van der Waals surface area contributed by atoms with Gasteiger partial charge in [-0.2, -0.15) is 0 Å². The lowest BCUT2D eigenvalue weighted by Crippen LogP contribution is -2.28. The number of para-hydroxylation sites is 1. The number of allylic oxidation sites excluding steroid dienone is 1. The average molecular weight is 396 g/mol. The molecule has 0 fully saturated rings. The topological polar surface area (TPSA) is 106 Å². The number of aliphatic carboxylic acids is 1. The van der Waals surface area contributed by atoms with Crippen molar-refractivity contribution in [1.82, 2.24) is 0 Å². The Bertz CT molecular complexity index is 984. The number of carboxylic acid groups (broad SMARTS) is 1. The van der Waals surface area contributed by atoms with Gasteiger partial charge in [0, 0.05) is 5.69 Å². The highest BCUT2D eigenvalue weighted by Gasteiger charge is 2.32. The summed E-state index contributed by atoms with van der Waals surface area (Å²) >= 11 is 0. The normalized spacial score (nSPS) is 14.6. The number of carbonyl (C=O) groups is 2. The minimum Gasteiger partial charge on any atom is -0.544 e. The highest BCUT2D eigenvalue weighted by Crippen LogP contribution is 2.39. The zero-order chi connectivity index (χ0) is 21.0. The predicted molar refractivity (Wildman–Crippen MR) is 102 cm³/mol. The molecule has 3 rings (SSSR count). The maximum Gasteiger partial charge on any atom is 0.235 e. The molecular weight excluding hydrogens is 378 g/mol. The van der Waals surface area contributed by atoms with Crippen molar-refractivity contribution < 1.29 is 33.6 Å². The minimum absolute atomic E-state index is 0.183. The van der Waals surface area contributed by atoms with Crippen LogP contribution in [0.1, 0.15) is 5.56 Å². The number of anilines is 1. The monoisotopic (exact) mass is 396 g/mol. The molecule has 8 heteroatoms. The zero-order valence-corrected chi connectivity index (χ0v) is 16.0. The molecule has 29 heavy (non-hydrogen) atoms. The maximum atomic E-state index is 12.6. The molecule has 8 nitrogen and oxygen atoms in total. The molecule has 0 saturated carbocycles. The SMILES string of the molecule is COc1cc(/C=C2\OC(Nc3ccccc3)=C(C(=O)[O-])C2=O)cc(OC)c1OC. The molecule has 1 N–H and O–H groups in total. The number of methoxy groups -OCH3 is 3. The van der Waals surface area contributed by atoms with Crippen LogP contribution in [-0.4, -0.2) is 33.1 Å². The van der Waals surface area contributed by atoms with Gasteiger partial charge in [0.1, 0.15) is 5.57 Å². The fourth-order valence-electron chi connectivity index (χ4n) is 2.79. The number of carbonyl (C=O) groups excluding carboxylic acids is 2. The number of ketones is 1. The van der Waals surface area contributed by atoms with E-state index in [-0.39, 0.29) is 11.6 Å². The number of benzene rings is 2. The fraction of sp³-hybridized carbons (Fsp3) is 0.143. The molecule has 0 atom stereocenters. The first-order valence-electron chi connectivity index (χ1n) is 8.50. The molecule has 150 valence electrons. The summed E-state index contributed by atoms with van der Waals surface area (Å²) in [5.41, 5.74) is 0.456. The van der Waals surface area contributed by atoms with E-state index in [2.05, 4.69) is 5.32 Å². The van der Waals surface area contributed by atoms with E-state index in [0.717, 1.165) is 0 Å². The molecule has 0 bridgehead atoms. The van der Waals surface area contributed by atoms with E-state index in [1.54, 1.807) is 42.5 Å². The van der Waals surface area contributed by atoms with Crippen LogP contribution in [0.5, 0.6) is 17.2 Å². The summed E-state index contributed by atoms with van der Waals surface area (Å²) < 4.78 is 21.3. The van der Waals surface area contributed by atoms with Gasteiger partial charge in [-0.1, -0.05) is 18.2 Å². The highest BCUT2D eigenvalue weighted by atomic mass is 16.5. The average Bonchev–Trinajstić information content (AvgIpc) is 3.02. The number of hydrogen-bond acceptors (Lipinski definition) is 8. The number of Topliss-reactive ketones (excluding diaryl/α,β-unsaturated/α-hetero) is 1. The van der Waals surface area contributed by atoms with Gasteiger partial charge in [0.2, 0.25) is 17.4 Å². The Kier molecular flexibility index (Phi) is 5.73.